The van der Waals surface area contributed by atoms with Crippen molar-refractivity contribution in [1.29, 1.82) is 0 Å². The molecule has 3 N–H and O–H groups in total. The van der Waals surface area contributed by atoms with Gasteiger partial charge in [0, 0.05) is 11.6 Å². The molecular formula is C15H22N2O2. The van der Waals surface area contributed by atoms with Crippen LogP contribution in [0.3, 0.4) is 0 Å². The first-order valence-corrected chi connectivity index (χ1v) is 6.82. The molecule has 1 aliphatic carbocycles. The van der Waals surface area contributed by atoms with Crippen LogP contribution in [0.15, 0.2) is 30.3 Å². The van der Waals surface area contributed by atoms with E-state index in [2.05, 4.69) is 5.32 Å². The highest BCUT2D eigenvalue weighted by Crippen LogP contribution is 2.27. The summed E-state index contributed by atoms with van der Waals surface area (Å²) in [5.41, 5.74) is 6.72. The molecule has 1 amide bonds. The quantitative estimate of drug-likeness (QED) is 0.880. The van der Waals surface area contributed by atoms with Crippen LogP contribution in [-0.4, -0.2) is 17.7 Å². The van der Waals surface area contributed by atoms with E-state index in [1.807, 2.05) is 37.3 Å². The van der Waals surface area contributed by atoms with E-state index in [0.717, 1.165) is 31.2 Å². The lowest BCUT2D eigenvalue weighted by Crippen LogP contribution is -2.51. The highest BCUT2D eigenvalue weighted by molar-refractivity contribution is 5.68. The first-order valence-electron chi connectivity index (χ1n) is 6.82. The Morgan fingerprint density at radius 3 is 2.89 bits per heavy atom. The fourth-order valence-corrected chi connectivity index (χ4v) is 2.66. The molecule has 0 spiro atoms. The van der Waals surface area contributed by atoms with Gasteiger partial charge in [0.05, 0.1) is 0 Å². The summed E-state index contributed by atoms with van der Waals surface area (Å²) in [6, 6.07) is 9.84. The Hall–Kier alpha value is -1.55. The summed E-state index contributed by atoms with van der Waals surface area (Å²) in [6.45, 7) is 2.34. The van der Waals surface area contributed by atoms with E-state index in [0.29, 0.717) is 6.61 Å². The first kappa shape index (κ1) is 13.9. The topological polar surface area (TPSA) is 64.3 Å². The van der Waals surface area contributed by atoms with Crippen molar-refractivity contribution in [2.24, 2.45) is 5.73 Å². The van der Waals surface area contributed by atoms with Gasteiger partial charge in [-0.15, -0.1) is 0 Å². The van der Waals surface area contributed by atoms with Crippen LogP contribution in [-0.2, 0) is 11.3 Å². The predicted octanol–water partition coefficient (Wildman–Crippen LogP) is 2.57. The van der Waals surface area contributed by atoms with Crippen molar-refractivity contribution in [3.63, 3.8) is 0 Å². The smallest absolute Gasteiger partial charge is 0.407 e. The molecule has 1 aromatic rings. The third-order valence-electron chi connectivity index (χ3n) is 3.63. The molecule has 1 fully saturated rings. The van der Waals surface area contributed by atoms with Crippen molar-refractivity contribution >= 4 is 6.09 Å². The molecule has 0 unspecified atom stereocenters. The van der Waals surface area contributed by atoms with Crippen LogP contribution < -0.4 is 11.1 Å². The van der Waals surface area contributed by atoms with Crippen LogP contribution in [0, 0.1) is 0 Å². The van der Waals surface area contributed by atoms with E-state index in [1.54, 1.807) is 0 Å². The van der Waals surface area contributed by atoms with Gasteiger partial charge in [0.15, 0.2) is 0 Å². The second-order valence-corrected chi connectivity index (χ2v) is 5.60. The van der Waals surface area contributed by atoms with Crippen LogP contribution in [0.25, 0.3) is 0 Å². The van der Waals surface area contributed by atoms with Crippen molar-refractivity contribution in [3.8, 4) is 0 Å². The number of hydrogen-bond donors (Lipinski definition) is 2. The molecule has 4 nitrogen and oxygen atoms in total. The number of amides is 1. The zero-order valence-electron chi connectivity index (χ0n) is 11.4. The van der Waals surface area contributed by atoms with Gasteiger partial charge in [-0.25, -0.2) is 4.79 Å². The Morgan fingerprint density at radius 1 is 1.47 bits per heavy atom. The van der Waals surface area contributed by atoms with Crippen LogP contribution in [0.1, 0.15) is 38.2 Å². The van der Waals surface area contributed by atoms with Crippen molar-refractivity contribution in [2.75, 3.05) is 0 Å². The Labute approximate surface area is 114 Å². The minimum atomic E-state index is -0.361. The number of benzene rings is 1. The summed E-state index contributed by atoms with van der Waals surface area (Å²) >= 11 is 0. The summed E-state index contributed by atoms with van der Waals surface area (Å²) in [7, 11) is 0. The lowest BCUT2D eigenvalue weighted by molar-refractivity contribution is 0.119. The summed E-state index contributed by atoms with van der Waals surface area (Å²) in [5, 5.41) is 2.95. The second-order valence-electron chi connectivity index (χ2n) is 5.60. The number of nitrogens with one attached hydrogen (secondary N) is 1. The van der Waals surface area contributed by atoms with Gasteiger partial charge >= 0.3 is 6.09 Å². The molecule has 0 aromatic heterocycles. The lowest BCUT2D eigenvalue weighted by atomic mass is 9.81. The van der Waals surface area contributed by atoms with Gasteiger partial charge in [-0.1, -0.05) is 30.3 Å². The van der Waals surface area contributed by atoms with E-state index in [9.17, 15) is 4.79 Å². The fraction of sp³-hybridized carbons (Fsp3) is 0.533. The Morgan fingerprint density at radius 2 is 2.21 bits per heavy atom. The Kier molecular flexibility index (Phi) is 4.43. The number of nitrogens with two attached hydrogens (primary N) is 1. The molecule has 19 heavy (non-hydrogen) atoms. The summed E-state index contributed by atoms with van der Waals surface area (Å²) < 4.78 is 5.24. The maximum absolute atomic E-state index is 11.8. The normalized spacial score (nSPS) is 26.7. The van der Waals surface area contributed by atoms with Crippen molar-refractivity contribution < 1.29 is 9.53 Å². The molecular weight excluding hydrogens is 240 g/mol. The Bertz CT molecular complexity index is 421. The van der Waals surface area contributed by atoms with Crippen LogP contribution in [0.2, 0.25) is 0 Å². The third-order valence-corrected chi connectivity index (χ3v) is 3.63. The van der Waals surface area contributed by atoms with Gasteiger partial charge in [-0.05, 0) is 38.2 Å². The van der Waals surface area contributed by atoms with Crippen molar-refractivity contribution in [1.82, 2.24) is 5.32 Å². The summed E-state index contributed by atoms with van der Waals surface area (Å²) in [6.07, 6.45) is 3.50. The van der Waals surface area contributed by atoms with Crippen LogP contribution >= 0.6 is 0 Å². The van der Waals surface area contributed by atoms with Gasteiger partial charge in [0.25, 0.3) is 0 Å². The molecule has 0 aliphatic heterocycles. The van der Waals surface area contributed by atoms with E-state index in [-0.39, 0.29) is 17.7 Å². The molecule has 0 saturated heterocycles. The van der Waals surface area contributed by atoms with E-state index >= 15 is 0 Å². The number of rotatable bonds is 3. The SMILES string of the molecule is C[C@]1(NC(=O)OCc2ccccc2)CCC[C@@H](N)C1. The largest absolute Gasteiger partial charge is 0.445 e. The fourth-order valence-electron chi connectivity index (χ4n) is 2.66. The maximum atomic E-state index is 11.8. The molecule has 4 heteroatoms. The summed E-state index contributed by atoms with van der Waals surface area (Å²) in [5.74, 6) is 0. The molecule has 1 aromatic carbocycles. The number of ether oxygens (including phenoxy) is 1. The van der Waals surface area contributed by atoms with Gasteiger partial charge in [0.1, 0.15) is 6.61 Å². The van der Waals surface area contributed by atoms with Gasteiger partial charge in [-0.3, -0.25) is 0 Å². The standard InChI is InChI=1S/C15H22N2O2/c1-15(9-5-8-13(16)10-15)17-14(18)19-11-12-6-3-2-4-7-12/h2-4,6-7,13H,5,8-11,16H2,1H3,(H,17,18)/t13-,15+/m1/s1. The first-order chi connectivity index (χ1) is 9.07. The second kappa shape index (κ2) is 6.06. The molecule has 1 aliphatic rings. The molecule has 2 rings (SSSR count). The lowest BCUT2D eigenvalue weighted by Gasteiger charge is -2.37. The van der Waals surface area contributed by atoms with Gasteiger partial charge in [-0.2, -0.15) is 0 Å². The zero-order valence-corrected chi connectivity index (χ0v) is 11.4. The third kappa shape index (κ3) is 4.24. The highest BCUT2D eigenvalue weighted by atomic mass is 16.5. The number of carbonyl (C=O) groups is 1. The molecule has 104 valence electrons. The molecule has 1 saturated carbocycles. The van der Waals surface area contributed by atoms with E-state index in [4.69, 9.17) is 10.5 Å². The molecule has 0 radical (unpaired) electrons. The van der Waals surface area contributed by atoms with Crippen LogP contribution in [0.5, 0.6) is 0 Å². The molecule has 0 heterocycles. The number of hydrogen-bond acceptors (Lipinski definition) is 3. The van der Waals surface area contributed by atoms with E-state index < -0.39 is 0 Å². The average Bonchev–Trinajstić information content (AvgIpc) is 2.37. The monoisotopic (exact) mass is 262 g/mol. The minimum Gasteiger partial charge on any atom is -0.445 e. The zero-order chi connectivity index (χ0) is 13.7. The number of alkyl carbamates (subject to hydrolysis) is 1. The Balaban J connectivity index is 1.81. The van der Waals surface area contributed by atoms with E-state index in [1.165, 1.54) is 0 Å². The van der Waals surface area contributed by atoms with Crippen molar-refractivity contribution in [2.45, 2.75) is 50.8 Å². The van der Waals surface area contributed by atoms with Gasteiger partial charge in [0.2, 0.25) is 0 Å². The maximum Gasteiger partial charge on any atom is 0.407 e. The predicted molar refractivity (Wildman–Crippen MR) is 74.6 cm³/mol. The number of carbonyl (C=O) groups excluding carboxylic acids is 1. The van der Waals surface area contributed by atoms with Gasteiger partial charge < -0.3 is 15.8 Å². The minimum absolute atomic E-state index is 0.174. The average molecular weight is 262 g/mol. The highest BCUT2D eigenvalue weighted by Gasteiger charge is 2.32. The summed E-state index contributed by atoms with van der Waals surface area (Å²) in [4.78, 5) is 11.8. The van der Waals surface area contributed by atoms with Crippen molar-refractivity contribution in [3.05, 3.63) is 35.9 Å². The molecule has 2 atom stereocenters. The van der Waals surface area contributed by atoms with Crippen LogP contribution in [0.4, 0.5) is 4.79 Å². The molecule has 0 bridgehead atoms.